The summed E-state index contributed by atoms with van der Waals surface area (Å²) in [6.45, 7) is 4.11. The van der Waals surface area contributed by atoms with E-state index in [-0.39, 0.29) is 18.0 Å². The Labute approximate surface area is 92.3 Å². The van der Waals surface area contributed by atoms with Gasteiger partial charge in [-0.2, -0.15) is 4.98 Å². The molecule has 7 nitrogen and oxygen atoms in total. The smallest absolute Gasteiger partial charge is 0.328 e. The molecule has 1 fully saturated rings. The number of nitrogens with zero attached hydrogens (tertiary/aromatic N) is 2. The summed E-state index contributed by atoms with van der Waals surface area (Å²) in [7, 11) is 0. The highest BCUT2D eigenvalue weighted by atomic mass is 16.5. The molecule has 0 bridgehead atoms. The van der Waals surface area contributed by atoms with Gasteiger partial charge in [0.15, 0.2) is 5.82 Å². The predicted octanol–water partition coefficient (Wildman–Crippen LogP) is -0.320. The van der Waals surface area contributed by atoms with Gasteiger partial charge in [0.1, 0.15) is 0 Å². The molecule has 7 heteroatoms. The third kappa shape index (κ3) is 1.79. The van der Waals surface area contributed by atoms with Crippen molar-refractivity contribution in [2.75, 3.05) is 18.5 Å². The van der Waals surface area contributed by atoms with Crippen molar-refractivity contribution in [1.82, 2.24) is 10.1 Å². The van der Waals surface area contributed by atoms with E-state index in [1.807, 2.05) is 0 Å². The van der Waals surface area contributed by atoms with Gasteiger partial charge >= 0.3 is 6.01 Å². The van der Waals surface area contributed by atoms with Crippen LogP contribution in [0.25, 0.3) is 0 Å². The first-order valence-electron chi connectivity index (χ1n) is 4.97. The molecule has 88 valence electrons. The number of carbonyl (C=O) groups is 1. The molecule has 1 aliphatic heterocycles. The molecule has 2 unspecified atom stereocenters. The Hall–Kier alpha value is -1.47. The number of nitrogens with two attached hydrogens (primary N) is 1. The molecule has 2 rings (SSSR count). The minimum absolute atomic E-state index is 0.0859. The Balaban J connectivity index is 2.08. The van der Waals surface area contributed by atoms with Gasteiger partial charge < -0.3 is 15.0 Å². The van der Waals surface area contributed by atoms with Gasteiger partial charge in [0.05, 0.1) is 18.6 Å². The molecule has 1 aromatic rings. The number of aryl methyl sites for hydroxylation is 1. The van der Waals surface area contributed by atoms with E-state index >= 15 is 0 Å². The van der Waals surface area contributed by atoms with Crippen molar-refractivity contribution in [1.29, 1.82) is 0 Å². The zero-order valence-corrected chi connectivity index (χ0v) is 9.19. The molecule has 0 radical (unpaired) electrons. The van der Waals surface area contributed by atoms with Gasteiger partial charge in [-0.3, -0.25) is 10.1 Å². The number of hydrogen-bond donors (Lipinski definition) is 2. The molecule has 0 aliphatic carbocycles. The van der Waals surface area contributed by atoms with Gasteiger partial charge in [-0.25, -0.2) is 0 Å². The predicted molar refractivity (Wildman–Crippen MR) is 54.6 cm³/mol. The van der Waals surface area contributed by atoms with Crippen molar-refractivity contribution >= 4 is 11.9 Å². The zero-order valence-electron chi connectivity index (χ0n) is 9.19. The quantitative estimate of drug-likeness (QED) is 0.716. The Bertz CT molecular complexity index is 405. The fraction of sp³-hybridized carbons (Fsp3) is 0.667. The first kappa shape index (κ1) is 11.0. The van der Waals surface area contributed by atoms with Gasteiger partial charge in [-0.05, 0) is 13.8 Å². The van der Waals surface area contributed by atoms with Crippen LogP contribution in [0.3, 0.4) is 0 Å². The summed E-state index contributed by atoms with van der Waals surface area (Å²) in [4.78, 5) is 15.8. The molecule has 1 amide bonds. The number of rotatable bonds is 2. The number of ether oxygens (including phenoxy) is 1. The third-order valence-electron chi connectivity index (χ3n) is 2.78. The highest BCUT2D eigenvalue weighted by molar-refractivity contribution is 5.94. The minimum Gasteiger partial charge on any atom is -0.379 e. The van der Waals surface area contributed by atoms with Crippen LogP contribution in [0.4, 0.5) is 6.01 Å². The van der Waals surface area contributed by atoms with E-state index < -0.39 is 5.41 Å². The van der Waals surface area contributed by atoms with Crippen LogP contribution in [-0.4, -0.2) is 35.3 Å². The number of amides is 1. The second-order valence-corrected chi connectivity index (χ2v) is 4.14. The molecule has 2 heterocycles. The van der Waals surface area contributed by atoms with Gasteiger partial charge in [-0.1, -0.05) is 5.16 Å². The molecular weight excluding hydrogens is 212 g/mol. The average Bonchev–Trinajstić information content (AvgIpc) is 2.76. The fourth-order valence-corrected chi connectivity index (χ4v) is 1.51. The number of anilines is 1. The highest BCUT2D eigenvalue weighted by Crippen LogP contribution is 2.28. The van der Waals surface area contributed by atoms with Crippen molar-refractivity contribution in [3.05, 3.63) is 5.82 Å². The molecule has 0 spiro atoms. The molecule has 16 heavy (non-hydrogen) atoms. The van der Waals surface area contributed by atoms with Crippen LogP contribution in [0.1, 0.15) is 12.7 Å². The molecule has 1 aliphatic rings. The largest absolute Gasteiger partial charge is 0.379 e. The molecule has 0 saturated carbocycles. The van der Waals surface area contributed by atoms with Crippen molar-refractivity contribution in [2.45, 2.75) is 19.9 Å². The Morgan fingerprint density at radius 3 is 2.94 bits per heavy atom. The van der Waals surface area contributed by atoms with Gasteiger partial charge in [0, 0.05) is 6.04 Å². The molecule has 0 aromatic carbocycles. The molecule has 2 atom stereocenters. The summed E-state index contributed by atoms with van der Waals surface area (Å²) in [6.07, 6.45) is 0. The van der Waals surface area contributed by atoms with Crippen molar-refractivity contribution < 1.29 is 14.1 Å². The molecular formula is C9H14N4O3. The Morgan fingerprint density at radius 2 is 2.44 bits per heavy atom. The standard InChI is InChI=1S/C9H14N4O3/c1-5-11-8(16-13-5)12-7(14)9(2)4-15-3-6(9)10/h6H,3-4,10H2,1-2H3,(H,11,12,13,14). The fourth-order valence-electron chi connectivity index (χ4n) is 1.51. The maximum atomic E-state index is 12.0. The summed E-state index contributed by atoms with van der Waals surface area (Å²) in [5, 5.41) is 6.11. The summed E-state index contributed by atoms with van der Waals surface area (Å²) >= 11 is 0. The van der Waals surface area contributed by atoms with E-state index in [1.54, 1.807) is 13.8 Å². The second kappa shape index (κ2) is 3.84. The summed E-state index contributed by atoms with van der Waals surface area (Å²) in [6, 6.07) is -0.237. The Kier molecular flexibility index (Phi) is 2.64. The lowest BCUT2D eigenvalue weighted by Crippen LogP contribution is -2.47. The summed E-state index contributed by atoms with van der Waals surface area (Å²) in [5.41, 5.74) is 5.07. The number of carbonyl (C=O) groups excluding carboxylic acids is 1. The van der Waals surface area contributed by atoms with E-state index in [0.29, 0.717) is 19.0 Å². The minimum atomic E-state index is -0.748. The lowest BCUT2D eigenvalue weighted by molar-refractivity contribution is -0.125. The summed E-state index contributed by atoms with van der Waals surface area (Å²) in [5.74, 6) is 0.202. The van der Waals surface area contributed by atoms with Crippen molar-refractivity contribution in [3.8, 4) is 0 Å². The van der Waals surface area contributed by atoms with E-state index in [9.17, 15) is 4.79 Å². The highest BCUT2D eigenvalue weighted by Gasteiger charge is 2.44. The molecule has 3 N–H and O–H groups in total. The SMILES string of the molecule is Cc1noc(NC(=O)C2(C)COCC2N)n1. The van der Waals surface area contributed by atoms with Crippen LogP contribution in [0, 0.1) is 12.3 Å². The summed E-state index contributed by atoms with van der Waals surface area (Å²) < 4.78 is 9.98. The topological polar surface area (TPSA) is 103 Å². The maximum Gasteiger partial charge on any atom is 0.328 e. The molecule has 1 aromatic heterocycles. The van der Waals surface area contributed by atoms with Crippen LogP contribution < -0.4 is 11.1 Å². The van der Waals surface area contributed by atoms with Crippen LogP contribution in [0.5, 0.6) is 0 Å². The average molecular weight is 226 g/mol. The van der Waals surface area contributed by atoms with Crippen LogP contribution in [-0.2, 0) is 9.53 Å². The first-order valence-corrected chi connectivity index (χ1v) is 4.97. The first-order chi connectivity index (χ1) is 7.52. The van der Waals surface area contributed by atoms with Gasteiger partial charge in [-0.15, -0.1) is 0 Å². The molecule has 1 saturated heterocycles. The Morgan fingerprint density at radius 1 is 1.69 bits per heavy atom. The lowest BCUT2D eigenvalue weighted by Gasteiger charge is -2.24. The van der Waals surface area contributed by atoms with Crippen LogP contribution >= 0.6 is 0 Å². The van der Waals surface area contributed by atoms with Crippen molar-refractivity contribution in [2.24, 2.45) is 11.1 Å². The monoisotopic (exact) mass is 226 g/mol. The van der Waals surface area contributed by atoms with E-state index in [2.05, 4.69) is 15.5 Å². The van der Waals surface area contributed by atoms with Crippen LogP contribution in [0.2, 0.25) is 0 Å². The van der Waals surface area contributed by atoms with Gasteiger partial charge in [0.2, 0.25) is 5.91 Å². The number of aromatic nitrogens is 2. The number of nitrogens with one attached hydrogen (secondary N) is 1. The van der Waals surface area contributed by atoms with Gasteiger partial charge in [0.25, 0.3) is 0 Å². The van der Waals surface area contributed by atoms with E-state index in [0.717, 1.165) is 0 Å². The van der Waals surface area contributed by atoms with E-state index in [4.69, 9.17) is 15.0 Å². The second-order valence-electron chi connectivity index (χ2n) is 4.14. The zero-order chi connectivity index (χ0) is 11.8. The van der Waals surface area contributed by atoms with Crippen LogP contribution in [0.15, 0.2) is 4.52 Å². The lowest BCUT2D eigenvalue weighted by atomic mass is 9.85. The third-order valence-corrected chi connectivity index (χ3v) is 2.78. The normalized spacial score (nSPS) is 29.3. The van der Waals surface area contributed by atoms with Crippen molar-refractivity contribution in [3.63, 3.8) is 0 Å². The van der Waals surface area contributed by atoms with E-state index in [1.165, 1.54) is 0 Å². The maximum absolute atomic E-state index is 12.0. The number of hydrogen-bond acceptors (Lipinski definition) is 6.